The molecule has 0 saturated heterocycles. The quantitative estimate of drug-likeness (QED) is 0.411. The fraction of sp³-hybridized carbons (Fsp3) is 0.440. The van der Waals surface area contributed by atoms with E-state index in [9.17, 15) is 37.8 Å². The highest BCUT2D eigenvalue weighted by atomic mass is 19.4. The van der Waals surface area contributed by atoms with Gasteiger partial charge in [0, 0.05) is 30.5 Å². The van der Waals surface area contributed by atoms with Gasteiger partial charge < -0.3 is 15.5 Å². The summed E-state index contributed by atoms with van der Waals surface area (Å²) < 4.78 is 39.1. The van der Waals surface area contributed by atoms with Crippen molar-refractivity contribution in [1.29, 1.82) is 0 Å². The zero-order chi connectivity index (χ0) is 27.0. The topological polar surface area (TPSA) is 123 Å². The van der Waals surface area contributed by atoms with Crippen LogP contribution in [0.25, 0.3) is 0 Å². The van der Waals surface area contributed by atoms with Crippen LogP contribution in [-0.2, 0) is 27.1 Å². The smallest absolute Gasteiger partial charge is 0.416 e. The molecular weight excluding hydrogens is 493 g/mol. The highest BCUT2D eigenvalue weighted by Crippen LogP contribution is 2.31. The maximum absolute atomic E-state index is 13.0. The number of anilines is 1. The van der Waals surface area contributed by atoms with Gasteiger partial charge in [-0.05, 0) is 43.2 Å². The number of carboxylic acids is 2. The van der Waals surface area contributed by atoms with Crippen molar-refractivity contribution < 1.29 is 37.8 Å². The van der Waals surface area contributed by atoms with Gasteiger partial charge in [-0.2, -0.15) is 13.2 Å². The number of rotatable bonds is 11. The molecule has 0 aliphatic heterocycles. The van der Waals surface area contributed by atoms with Crippen molar-refractivity contribution in [3.63, 3.8) is 0 Å². The summed E-state index contributed by atoms with van der Waals surface area (Å²) in [6.07, 6.45) is -0.286. The molecule has 1 aromatic heterocycles. The molecule has 12 heteroatoms. The van der Waals surface area contributed by atoms with Crippen LogP contribution in [0.1, 0.15) is 36.9 Å². The first kappa shape index (κ1) is 28.1. The van der Waals surface area contributed by atoms with Crippen LogP contribution in [0.3, 0.4) is 0 Å². The second-order valence-electron chi connectivity index (χ2n) is 8.96. The number of aliphatic carboxylic acids is 2. The van der Waals surface area contributed by atoms with Crippen LogP contribution in [0, 0.1) is 0 Å². The molecule has 1 amide bonds. The molecule has 0 spiro atoms. The fourth-order valence-corrected chi connectivity index (χ4v) is 4.73. The van der Waals surface area contributed by atoms with Gasteiger partial charge >= 0.3 is 18.1 Å². The number of amides is 1. The predicted octanol–water partition coefficient (Wildman–Crippen LogP) is 3.32. The van der Waals surface area contributed by atoms with Crippen LogP contribution in [0.2, 0.25) is 0 Å². The molecule has 3 rings (SSSR count). The maximum Gasteiger partial charge on any atom is 0.416 e. The van der Waals surface area contributed by atoms with Gasteiger partial charge in [0.15, 0.2) is 0 Å². The molecule has 0 radical (unpaired) electrons. The van der Waals surface area contributed by atoms with Gasteiger partial charge in [0.2, 0.25) is 5.91 Å². The van der Waals surface area contributed by atoms with E-state index in [2.05, 4.69) is 10.3 Å². The Labute approximate surface area is 211 Å². The van der Waals surface area contributed by atoms with Crippen LogP contribution >= 0.6 is 0 Å². The van der Waals surface area contributed by atoms with E-state index < -0.39 is 42.2 Å². The Morgan fingerprint density at radius 1 is 0.919 bits per heavy atom. The number of carboxylic acid groups (broad SMARTS) is 2. The minimum absolute atomic E-state index is 0.0575. The number of hydrogen-bond donors (Lipinski definition) is 3. The van der Waals surface area contributed by atoms with Gasteiger partial charge in [-0.25, -0.2) is 0 Å². The normalized spacial score (nSPS) is 18.1. The van der Waals surface area contributed by atoms with E-state index >= 15 is 0 Å². The maximum atomic E-state index is 13.0. The summed E-state index contributed by atoms with van der Waals surface area (Å²) in [6, 6.07) is 8.66. The van der Waals surface area contributed by atoms with E-state index in [1.807, 2.05) is 0 Å². The zero-order valence-electron chi connectivity index (χ0n) is 20.0. The molecule has 2 atom stereocenters. The molecule has 9 nitrogen and oxygen atoms in total. The van der Waals surface area contributed by atoms with Crippen molar-refractivity contribution in [2.24, 2.45) is 0 Å². The summed E-state index contributed by atoms with van der Waals surface area (Å²) in [5.74, 6) is -2.89. The molecule has 1 saturated carbocycles. The number of carbonyl (C=O) groups excluding carboxylic acids is 1. The number of alkyl halides is 3. The van der Waals surface area contributed by atoms with E-state index in [0.717, 1.165) is 25.0 Å². The third-order valence-corrected chi connectivity index (χ3v) is 6.22. The Hall–Kier alpha value is -3.51. The SMILES string of the molecule is O=C(O)CN(CC(=O)Nc1cccc(C(F)(F)F)c1)C1CCCC[C@@H]1N(CC(=O)O)Cc1ccccn1. The van der Waals surface area contributed by atoms with Crippen LogP contribution < -0.4 is 5.32 Å². The lowest BCUT2D eigenvalue weighted by Gasteiger charge is -2.44. The van der Waals surface area contributed by atoms with Crippen LogP contribution in [0.5, 0.6) is 0 Å². The average Bonchev–Trinajstić information content (AvgIpc) is 2.83. The lowest BCUT2D eigenvalue weighted by molar-refractivity contribution is -0.143. The van der Waals surface area contributed by atoms with E-state index in [0.29, 0.717) is 18.5 Å². The van der Waals surface area contributed by atoms with Gasteiger partial charge in [0.1, 0.15) is 0 Å². The number of pyridine rings is 1. The number of nitrogens with zero attached hydrogens (tertiary/aromatic N) is 3. The summed E-state index contributed by atoms with van der Waals surface area (Å²) >= 11 is 0. The Balaban J connectivity index is 1.81. The average molecular weight is 523 g/mol. The Bertz CT molecular complexity index is 1080. The Morgan fingerprint density at radius 3 is 2.16 bits per heavy atom. The number of hydrogen-bond acceptors (Lipinski definition) is 6. The lowest BCUT2D eigenvalue weighted by Crippen LogP contribution is -2.56. The van der Waals surface area contributed by atoms with Crippen molar-refractivity contribution in [1.82, 2.24) is 14.8 Å². The lowest BCUT2D eigenvalue weighted by atomic mass is 9.87. The van der Waals surface area contributed by atoms with Crippen molar-refractivity contribution in [3.05, 3.63) is 59.9 Å². The Kier molecular flexibility index (Phi) is 9.59. The number of halogens is 3. The van der Waals surface area contributed by atoms with Crippen LogP contribution in [0.4, 0.5) is 18.9 Å². The molecule has 1 heterocycles. The van der Waals surface area contributed by atoms with E-state index in [1.165, 1.54) is 17.0 Å². The molecule has 37 heavy (non-hydrogen) atoms. The van der Waals surface area contributed by atoms with Gasteiger partial charge in [0.05, 0.1) is 30.9 Å². The molecule has 1 unspecified atom stereocenters. The van der Waals surface area contributed by atoms with Gasteiger partial charge in [-0.3, -0.25) is 29.2 Å². The summed E-state index contributed by atoms with van der Waals surface area (Å²) in [6.45, 7) is -0.934. The van der Waals surface area contributed by atoms with Crippen LogP contribution in [-0.4, -0.2) is 74.6 Å². The molecular formula is C25H29F3N4O5. The predicted molar refractivity (Wildman–Crippen MR) is 128 cm³/mol. The fourth-order valence-electron chi connectivity index (χ4n) is 4.73. The monoisotopic (exact) mass is 522 g/mol. The first-order chi connectivity index (χ1) is 17.5. The van der Waals surface area contributed by atoms with Crippen molar-refractivity contribution in [2.75, 3.05) is 25.0 Å². The largest absolute Gasteiger partial charge is 0.480 e. The van der Waals surface area contributed by atoms with Crippen molar-refractivity contribution in [2.45, 2.75) is 50.5 Å². The van der Waals surface area contributed by atoms with E-state index in [1.54, 1.807) is 29.3 Å². The third-order valence-electron chi connectivity index (χ3n) is 6.22. The highest BCUT2D eigenvalue weighted by molar-refractivity contribution is 5.92. The first-order valence-electron chi connectivity index (χ1n) is 11.8. The molecule has 1 fully saturated rings. The molecule has 1 aliphatic carbocycles. The second-order valence-corrected chi connectivity index (χ2v) is 8.96. The first-order valence-corrected chi connectivity index (χ1v) is 11.8. The molecule has 1 aliphatic rings. The highest BCUT2D eigenvalue weighted by Gasteiger charge is 2.37. The molecule has 0 bridgehead atoms. The number of aromatic nitrogens is 1. The van der Waals surface area contributed by atoms with Gasteiger partial charge in [-0.15, -0.1) is 0 Å². The van der Waals surface area contributed by atoms with Crippen LogP contribution in [0.15, 0.2) is 48.7 Å². The standard InChI is InChI=1S/C25H29F3N4O5/c26-25(27,28)17-6-5-8-18(12-17)30-22(33)14-32(16-24(36)37)21-10-2-1-9-20(21)31(15-23(34)35)13-19-7-3-4-11-29-19/h3-8,11-12,20-21H,1-2,9-10,13-16H2,(H,30,33)(H,34,35)(H,36,37)/t20-,21?/m0/s1. The van der Waals surface area contributed by atoms with E-state index in [-0.39, 0.29) is 31.4 Å². The molecule has 1 aromatic carbocycles. The minimum Gasteiger partial charge on any atom is -0.480 e. The minimum atomic E-state index is -4.58. The van der Waals surface area contributed by atoms with Crippen molar-refractivity contribution >= 4 is 23.5 Å². The molecule has 2 aromatic rings. The molecule has 3 N–H and O–H groups in total. The summed E-state index contributed by atoms with van der Waals surface area (Å²) in [5.41, 5.74) is -0.322. The van der Waals surface area contributed by atoms with E-state index in [4.69, 9.17) is 0 Å². The summed E-state index contributed by atoms with van der Waals surface area (Å²) in [4.78, 5) is 43.6. The van der Waals surface area contributed by atoms with Gasteiger partial charge in [-0.1, -0.05) is 25.0 Å². The number of carbonyl (C=O) groups is 3. The second kappa shape index (κ2) is 12.6. The number of benzene rings is 1. The summed E-state index contributed by atoms with van der Waals surface area (Å²) in [7, 11) is 0. The number of nitrogens with one attached hydrogen (secondary N) is 1. The summed E-state index contributed by atoms with van der Waals surface area (Å²) in [5, 5.41) is 21.5. The van der Waals surface area contributed by atoms with Gasteiger partial charge in [0.25, 0.3) is 0 Å². The van der Waals surface area contributed by atoms with Crippen molar-refractivity contribution in [3.8, 4) is 0 Å². The zero-order valence-corrected chi connectivity index (χ0v) is 20.0. The molecule has 200 valence electrons. The Morgan fingerprint density at radius 2 is 1.57 bits per heavy atom. The third kappa shape index (κ3) is 8.53.